The van der Waals surface area contributed by atoms with Crippen molar-refractivity contribution in [3.05, 3.63) is 65.6 Å². The van der Waals surface area contributed by atoms with Crippen molar-refractivity contribution in [1.29, 1.82) is 5.26 Å². The van der Waals surface area contributed by atoms with E-state index in [-0.39, 0.29) is 67.7 Å². The molecule has 5 heterocycles. The smallest absolute Gasteiger partial charge is 0.410 e. The number of ether oxygens (including phenoxy) is 5. The summed E-state index contributed by atoms with van der Waals surface area (Å²) < 4.78 is 49.0. The molecule has 3 unspecified atom stereocenters. The molecule has 4 fully saturated rings. The van der Waals surface area contributed by atoms with Crippen LogP contribution in [0.2, 0.25) is 0 Å². The van der Waals surface area contributed by atoms with E-state index in [0.29, 0.717) is 58.7 Å². The number of pyridine rings is 1. The molecule has 2 bridgehead atoms. The number of aryl methyl sites for hydroxylation is 2. The number of halogens is 1. The summed E-state index contributed by atoms with van der Waals surface area (Å²) in [5.41, 5.74) is 2.62. The zero-order valence-electron chi connectivity index (χ0n) is 34.7. The van der Waals surface area contributed by atoms with Crippen LogP contribution < -0.4 is 9.47 Å². The first-order chi connectivity index (χ1) is 28.4. The maximum atomic E-state index is 18.1. The van der Waals surface area contributed by atoms with Crippen LogP contribution in [0.15, 0.2) is 48.5 Å². The van der Waals surface area contributed by atoms with Crippen LogP contribution in [0.5, 0.6) is 11.6 Å². The Bertz CT molecular complexity index is 2470. The van der Waals surface area contributed by atoms with Crippen molar-refractivity contribution in [1.82, 2.24) is 19.4 Å². The van der Waals surface area contributed by atoms with Crippen molar-refractivity contribution >= 4 is 44.6 Å². The number of nitriles is 1. The van der Waals surface area contributed by atoms with Crippen LogP contribution in [0, 0.1) is 23.1 Å². The van der Waals surface area contributed by atoms with Crippen molar-refractivity contribution in [2.24, 2.45) is 5.92 Å². The summed E-state index contributed by atoms with van der Waals surface area (Å²) in [6.45, 7) is 7.43. The topological polar surface area (TPSA) is 128 Å². The standard InChI is InChI=1S/C46H52FN5O7/c1-46(2,3)59-45(54)51-24-29-21-37(51)42(29)52-30(15-16-38(53)56-6)22-36-43(52)35-20-28(12-9-17-48)39(34-23-32(58-26-55-5)19-27-11-7-8-14-33(27)34)40(47)41(35)49-44(36)57-25-31-13-10-18-50(31)4/h7-8,11,14,19-20,22-23,29,31,37,42H,9-10,12-13,15-16,18,21,24-26H2,1-6H3/t29?,31-,37?,42?/m0/s1. The van der Waals surface area contributed by atoms with Gasteiger partial charge in [0, 0.05) is 48.7 Å². The Morgan fingerprint density at radius 2 is 1.85 bits per heavy atom. The number of fused-ring (bicyclic) bond motifs is 5. The Morgan fingerprint density at radius 3 is 2.58 bits per heavy atom. The molecule has 4 aliphatic rings. The number of likely N-dealkylation sites (N-methyl/N-ethyl adjacent to an activating group) is 1. The third-order valence-electron chi connectivity index (χ3n) is 12.2. The van der Waals surface area contributed by atoms with Gasteiger partial charge in [0.05, 0.1) is 42.6 Å². The van der Waals surface area contributed by atoms with Crippen LogP contribution in [0.1, 0.15) is 70.2 Å². The maximum Gasteiger partial charge on any atom is 0.410 e. The van der Waals surface area contributed by atoms with Crippen LogP contribution in [0.3, 0.4) is 0 Å². The minimum Gasteiger partial charge on any atom is -0.476 e. The van der Waals surface area contributed by atoms with Gasteiger partial charge in [-0.15, -0.1) is 0 Å². The van der Waals surface area contributed by atoms with Gasteiger partial charge in [-0.1, -0.05) is 24.3 Å². The fraction of sp³-hybridized carbons (Fsp3) is 0.478. The molecule has 12 nitrogen and oxygen atoms in total. The molecule has 9 rings (SSSR count). The summed E-state index contributed by atoms with van der Waals surface area (Å²) in [7, 11) is 5.00. The molecule has 0 radical (unpaired) electrons. The third-order valence-corrected chi connectivity index (χ3v) is 12.2. The Balaban J connectivity index is 1.39. The third kappa shape index (κ3) is 7.64. The highest BCUT2D eigenvalue weighted by molar-refractivity contribution is 6.10. The molecule has 3 aromatic carbocycles. The Kier molecular flexibility index (Phi) is 11.1. The molecule has 3 saturated heterocycles. The maximum absolute atomic E-state index is 18.1. The number of aromatic nitrogens is 2. The van der Waals surface area contributed by atoms with Crippen LogP contribution in [0.4, 0.5) is 9.18 Å². The van der Waals surface area contributed by atoms with Crippen LogP contribution in [-0.4, -0.2) is 96.9 Å². The molecule has 0 spiro atoms. The molecule has 2 aromatic heterocycles. The minimum atomic E-state index is -0.664. The second-order valence-electron chi connectivity index (χ2n) is 17.1. The van der Waals surface area contributed by atoms with Crippen LogP contribution >= 0.6 is 0 Å². The normalized spacial score (nSPS) is 20.3. The summed E-state index contributed by atoms with van der Waals surface area (Å²) >= 11 is 0. The molecule has 0 N–H and O–H groups in total. The van der Waals surface area contributed by atoms with E-state index in [4.69, 9.17) is 28.7 Å². The van der Waals surface area contributed by atoms with Crippen LogP contribution in [-0.2, 0) is 31.8 Å². The van der Waals surface area contributed by atoms with Crippen molar-refractivity contribution in [2.45, 2.75) is 89.4 Å². The van der Waals surface area contributed by atoms with E-state index in [2.05, 4.69) is 22.6 Å². The Morgan fingerprint density at radius 1 is 1.03 bits per heavy atom. The first kappa shape index (κ1) is 40.3. The summed E-state index contributed by atoms with van der Waals surface area (Å²) in [5, 5.41) is 12.8. The van der Waals surface area contributed by atoms with Gasteiger partial charge in [0.15, 0.2) is 12.6 Å². The summed E-state index contributed by atoms with van der Waals surface area (Å²) in [5.74, 6) is 0.0285. The molecule has 1 amide bonds. The molecule has 5 aromatic rings. The molecule has 13 heteroatoms. The number of esters is 1. The predicted octanol–water partition coefficient (Wildman–Crippen LogP) is 8.35. The highest BCUT2D eigenvalue weighted by Crippen LogP contribution is 2.53. The van der Waals surface area contributed by atoms with Gasteiger partial charge in [0.25, 0.3) is 0 Å². The number of hydrogen-bond acceptors (Lipinski definition) is 10. The molecular weight excluding hydrogens is 754 g/mol. The second-order valence-corrected chi connectivity index (χ2v) is 17.1. The van der Waals surface area contributed by atoms with E-state index in [0.717, 1.165) is 47.8 Å². The van der Waals surface area contributed by atoms with Crippen molar-refractivity contribution in [2.75, 3.05) is 47.8 Å². The average Bonchev–Trinajstić information content (AvgIpc) is 4.00. The SMILES string of the molecule is COCOc1cc(-c2c(CCC#N)cc3c(nc(OC[C@@H]4CCCN4C)c4cc(CCC(=O)OC)n(C5C6CC5N(C(=O)OC(C)(C)C)C6)c43)c2F)c2ccccc2c1. The average molecular weight is 806 g/mol. The number of rotatable bonds is 13. The van der Waals surface area contributed by atoms with E-state index in [1.807, 2.05) is 74.2 Å². The number of carbonyl (C=O) groups is 2. The van der Waals surface area contributed by atoms with Gasteiger partial charge in [-0.3, -0.25) is 4.79 Å². The van der Waals surface area contributed by atoms with Gasteiger partial charge in [-0.25, -0.2) is 14.2 Å². The summed E-state index contributed by atoms with van der Waals surface area (Å²) in [4.78, 5) is 35.3. The lowest BCUT2D eigenvalue weighted by Crippen LogP contribution is -2.44. The van der Waals surface area contributed by atoms with E-state index in [1.165, 1.54) is 7.11 Å². The molecular formula is C46H52FN5O7. The van der Waals surface area contributed by atoms with E-state index >= 15 is 4.39 Å². The molecule has 1 saturated carbocycles. The first-order valence-electron chi connectivity index (χ1n) is 20.5. The van der Waals surface area contributed by atoms with Crippen molar-refractivity contribution in [3.63, 3.8) is 0 Å². The zero-order valence-corrected chi connectivity index (χ0v) is 34.7. The Labute approximate surface area is 343 Å². The largest absolute Gasteiger partial charge is 0.476 e. The molecule has 59 heavy (non-hydrogen) atoms. The van der Waals surface area contributed by atoms with Gasteiger partial charge >= 0.3 is 12.1 Å². The number of methoxy groups -OCH3 is 2. The van der Waals surface area contributed by atoms with Gasteiger partial charge in [-0.2, -0.15) is 5.26 Å². The first-order valence-corrected chi connectivity index (χ1v) is 20.5. The number of carbonyl (C=O) groups excluding carboxylic acids is 2. The lowest BCUT2D eigenvalue weighted by atomic mass is 9.79. The number of benzene rings is 3. The fourth-order valence-corrected chi connectivity index (χ4v) is 9.38. The van der Waals surface area contributed by atoms with Gasteiger partial charge in [-0.05, 0) is 113 Å². The summed E-state index contributed by atoms with van der Waals surface area (Å²) in [6.07, 6.45) is 3.36. The lowest BCUT2D eigenvalue weighted by Gasteiger charge is -2.39. The predicted molar refractivity (Wildman–Crippen MR) is 222 cm³/mol. The monoisotopic (exact) mass is 805 g/mol. The Hall–Kier alpha value is -5.45. The van der Waals surface area contributed by atoms with E-state index in [9.17, 15) is 14.9 Å². The quantitative estimate of drug-likeness (QED) is 0.0846. The van der Waals surface area contributed by atoms with Crippen molar-refractivity contribution < 1.29 is 37.7 Å². The number of amides is 1. The lowest BCUT2D eigenvalue weighted by molar-refractivity contribution is -0.140. The molecule has 4 atom stereocenters. The highest BCUT2D eigenvalue weighted by Gasteiger charge is 2.56. The fourth-order valence-electron chi connectivity index (χ4n) is 9.38. The minimum absolute atomic E-state index is 0.0134. The van der Waals surface area contributed by atoms with Gasteiger partial charge in [0.1, 0.15) is 23.5 Å². The molecule has 310 valence electrons. The van der Waals surface area contributed by atoms with E-state index < -0.39 is 11.4 Å². The van der Waals surface area contributed by atoms with Crippen molar-refractivity contribution in [3.8, 4) is 28.8 Å². The number of nitrogens with zero attached hydrogens (tertiary/aromatic N) is 5. The highest BCUT2D eigenvalue weighted by atomic mass is 19.1. The van der Waals surface area contributed by atoms with E-state index in [1.54, 1.807) is 7.11 Å². The second kappa shape index (κ2) is 16.3. The van der Waals surface area contributed by atoms with Crippen LogP contribution in [0.25, 0.3) is 43.7 Å². The molecule has 1 aliphatic carbocycles. The summed E-state index contributed by atoms with van der Waals surface area (Å²) in [6, 6.07) is 17.5. The number of likely N-dealkylation sites (tertiary alicyclic amines) is 1. The number of hydrogen-bond donors (Lipinski definition) is 0. The van der Waals surface area contributed by atoms with Gasteiger partial charge < -0.3 is 38.1 Å². The zero-order chi connectivity index (χ0) is 41.6. The van der Waals surface area contributed by atoms with Gasteiger partial charge in [0.2, 0.25) is 5.88 Å². The molecule has 3 aliphatic heterocycles.